The van der Waals surface area contributed by atoms with Crippen molar-refractivity contribution in [2.24, 2.45) is 0 Å². The van der Waals surface area contributed by atoms with Crippen LogP contribution in [0.1, 0.15) is 17.2 Å². The molecule has 0 aromatic heterocycles. The number of hydrogen-bond donors (Lipinski definition) is 0. The average Bonchev–Trinajstić information content (AvgIpc) is 2.27. The first kappa shape index (κ1) is 11.6. The lowest BCUT2D eigenvalue weighted by molar-refractivity contribution is -0.143. The van der Waals surface area contributed by atoms with E-state index in [1.807, 2.05) is 31.2 Å². The molecule has 1 atom stereocenters. The van der Waals surface area contributed by atoms with E-state index in [1.54, 1.807) is 0 Å². The van der Waals surface area contributed by atoms with E-state index in [2.05, 4.69) is 5.92 Å². The topological polar surface area (TPSA) is 26.3 Å². The Morgan fingerprint density at radius 1 is 1.53 bits per heavy atom. The number of halogens is 1. The highest BCUT2D eigenvalue weighted by atomic mass is 35.5. The Labute approximate surface area is 94.2 Å². The number of alkyl halides is 1. The number of benzene rings is 1. The Morgan fingerprint density at radius 2 is 2.13 bits per heavy atom. The van der Waals surface area contributed by atoms with Gasteiger partial charge in [0.1, 0.15) is 5.88 Å². The van der Waals surface area contributed by atoms with Crippen molar-refractivity contribution < 1.29 is 9.53 Å². The van der Waals surface area contributed by atoms with Crippen molar-refractivity contribution in [1.29, 1.82) is 0 Å². The Balaban J connectivity index is 2.80. The van der Waals surface area contributed by atoms with Gasteiger partial charge in [-0.15, -0.1) is 18.0 Å². The molecule has 0 radical (unpaired) electrons. The van der Waals surface area contributed by atoms with Gasteiger partial charge in [-0.05, 0) is 6.92 Å². The summed E-state index contributed by atoms with van der Waals surface area (Å²) in [5.74, 6) is 1.70. The van der Waals surface area contributed by atoms with Gasteiger partial charge in [-0.1, -0.05) is 35.7 Å². The highest BCUT2D eigenvalue weighted by molar-refractivity contribution is 6.26. The fourth-order valence-corrected chi connectivity index (χ4v) is 1.17. The third kappa shape index (κ3) is 3.30. The SMILES string of the molecule is C#C[C@H](OC(=O)CCl)c1ccc(C)cc1. The molecule has 0 amide bonds. The second-order valence-corrected chi connectivity index (χ2v) is 3.35. The zero-order valence-corrected chi connectivity index (χ0v) is 9.12. The van der Waals surface area contributed by atoms with E-state index in [9.17, 15) is 4.79 Å². The molecular formula is C12H11ClO2. The van der Waals surface area contributed by atoms with Crippen LogP contribution in [0.4, 0.5) is 0 Å². The van der Waals surface area contributed by atoms with Gasteiger partial charge in [0, 0.05) is 5.56 Å². The monoisotopic (exact) mass is 222 g/mol. The molecule has 0 heterocycles. The van der Waals surface area contributed by atoms with Crippen LogP contribution in [0.2, 0.25) is 0 Å². The van der Waals surface area contributed by atoms with Crippen molar-refractivity contribution in [2.45, 2.75) is 13.0 Å². The van der Waals surface area contributed by atoms with E-state index in [0.29, 0.717) is 0 Å². The number of esters is 1. The summed E-state index contributed by atoms with van der Waals surface area (Å²) in [5, 5.41) is 0. The Kier molecular flexibility index (Phi) is 4.20. The summed E-state index contributed by atoms with van der Waals surface area (Å²) in [6, 6.07) is 7.49. The van der Waals surface area contributed by atoms with Crippen LogP contribution in [-0.4, -0.2) is 11.8 Å². The van der Waals surface area contributed by atoms with E-state index in [1.165, 1.54) is 0 Å². The number of aryl methyl sites for hydroxylation is 1. The van der Waals surface area contributed by atoms with Gasteiger partial charge in [0.05, 0.1) is 0 Å². The normalized spacial score (nSPS) is 11.5. The van der Waals surface area contributed by atoms with Crippen LogP contribution in [0.25, 0.3) is 0 Å². The van der Waals surface area contributed by atoms with Crippen LogP contribution >= 0.6 is 11.6 Å². The minimum absolute atomic E-state index is 0.190. The van der Waals surface area contributed by atoms with Crippen molar-refractivity contribution in [3.63, 3.8) is 0 Å². The molecule has 1 rings (SSSR count). The van der Waals surface area contributed by atoms with Gasteiger partial charge in [0.25, 0.3) is 0 Å². The quantitative estimate of drug-likeness (QED) is 0.446. The molecule has 0 spiro atoms. The van der Waals surface area contributed by atoms with Crippen LogP contribution in [0, 0.1) is 19.3 Å². The van der Waals surface area contributed by atoms with E-state index in [-0.39, 0.29) is 5.88 Å². The molecule has 0 fully saturated rings. The van der Waals surface area contributed by atoms with Crippen molar-refractivity contribution in [3.8, 4) is 12.3 Å². The molecule has 78 valence electrons. The minimum atomic E-state index is -0.656. The summed E-state index contributed by atoms with van der Waals surface area (Å²) < 4.78 is 4.97. The predicted octanol–water partition coefficient (Wildman–Crippen LogP) is 2.45. The molecule has 0 aliphatic carbocycles. The highest BCUT2D eigenvalue weighted by Crippen LogP contribution is 2.17. The summed E-state index contributed by atoms with van der Waals surface area (Å²) in [7, 11) is 0. The van der Waals surface area contributed by atoms with E-state index in [0.717, 1.165) is 11.1 Å². The minimum Gasteiger partial charge on any atom is -0.443 e. The summed E-state index contributed by atoms with van der Waals surface area (Å²) in [6.07, 6.45) is 4.62. The van der Waals surface area contributed by atoms with Gasteiger partial charge in [-0.25, -0.2) is 0 Å². The van der Waals surface area contributed by atoms with Gasteiger partial charge in [0.2, 0.25) is 0 Å². The smallest absolute Gasteiger partial charge is 0.322 e. The number of carbonyl (C=O) groups is 1. The molecule has 0 saturated carbocycles. The Hall–Kier alpha value is -1.46. The lowest BCUT2D eigenvalue weighted by atomic mass is 10.1. The zero-order chi connectivity index (χ0) is 11.3. The van der Waals surface area contributed by atoms with Crippen LogP contribution in [-0.2, 0) is 9.53 Å². The molecule has 0 saturated heterocycles. The van der Waals surface area contributed by atoms with E-state index in [4.69, 9.17) is 22.8 Å². The Morgan fingerprint density at radius 3 is 2.60 bits per heavy atom. The molecule has 0 aliphatic heterocycles. The molecule has 0 aliphatic rings. The van der Waals surface area contributed by atoms with Crippen LogP contribution < -0.4 is 0 Å². The molecule has 3 heteroatoms. The molecule has 2 nitrogen and oxygen atoms in total. The fourth-order valence-electron chi connectivity index (χ4n) is 1.10. The average molecular weight is 223 g/mol. The molecule has 1 aromatic rings. The molecule has 0 unspecified atom stereocenters. The number of hydrogen-bond acceptors (Lipinski definition) is 2. The van der Waals surface area contributed by atoms with Gasteiger partial charge in [-0.2, -0.15) is 0 Å². The van der Waals surface area contributed by atoms with Crippen LogP contribution in [0.15, 0.2) is 24.3 Å². The van der Waals surface area contributed by atoms with E-state index < -0.39 is 12.1 Å². The first-order valence-electron chi connectivity index (χ1n) is 4.45. The van der Waals surface area contributed by atoms with Crippen LogP contribution in [0.5, 0.6) is 0 Å². The van der Waals surface area contributed by atoms with Crippen molar-refractivity contribution in [2.75, 3.05) is 5.88 Å². The predicted molar refractivity (Wildman–Crippen MR) is 59.6 cm³/mol. The summed E-state index contributed by atoms with van der Waals surface area (Å²) in [4.78, 5) is 11.0. The fraction of sp³-hybridized carbons (Fsp3) is 0.250. The largest absolute Gasteiger partial charge is 0.443 e. The summed E-state index contributed by atoms with van der Waals surface area (Å²) >= 11 is 5.32. The zero-order valence-electron chi connectivity index (χ0n) is 8.37. The molecule has 0 bridgehead atoms. The molecule has 0 N–H and O–H groups in total. The number of rotatable bonds is 3. The first-order chi connectivity index (χ1) is 7.17. The second-order valence-electron chi connectivity index (χ2n) is 3.08. The van der Waals surface area contributed by atoms with Gasteiger partial charge < -0.3 is 4.74 Å². The number of ether oxygens (including phenoxy) is 1. The second kappa shape index (κ2) is 5.43. The first-order valence-corrected chi connectivity index (χ1v) is 4.99. The molecule has 1 aromatic carbocycles. The standard InChI is InChI=1S/C12H11ClO2/c1-3-11(15-12(14)8-13)10-6-4-9(2)5-7-10/h1,4-7,11H,8H2,2H3/t11-/m0/s1. The molecular weight excluding hydrogens is 212 g/mol. The van der Waals surface area contributed by atoms with Gasteiger partial charge in [-0.3, -0.25) is 4.79 Å². The lowest BCUT2D eigenvalue weighted by Gasteiger charge is -2.11. The number of carbonyl (C=O) groups excluding carboxylic acids is 1. The maximum absolute atomic E-state index is 11.0. The van der Waals surface area contributed by atoms with Gasteiger partial charge in [0.15, 0.2) is 6.10 Å². The molecule has 15 heavy (non-hydrogen) atoms. The van der Waals surface area contributed by atoms with Crippen molar-refractivity contribution >= 4 is 17.6 Å². The van der Waals surface area contributed by atoms with Crippen LogP contribution in [0.3, 0.4) is 0 Å². The third-order valence-electron chi connectivity index (χ3n) is 1.89. The number of terminal acetylenes is 1. The van der Waals surface area contributed by atoms with Crippen molar-refractivity contribution in [1.82, 2.24) is 0 Å². The van der Waals surface area contributed by atoms with Crippen molar-refractivity contribution in [3.05, 3.63) is 35.4 Å². The maximum Gasteiger partial charge on any atom is 0.322 e. The highest BCUT2D eigenvalue weighted by Gasteiger charge is 2.12. The summed E-state index contributed by atoms with van der Waals surface area (Å²) in [5.41, 5.74) is 1.90. The van der Waals surface area contributed by atoms with Gasteiger partial charge >= 0.3 is 5.97 Å². The summed E-state index contributed by atoms with van der Waals surface area (Å²) in [6.45, 7) is 1.97. The van der Waals surface area contributed by atoms with E-state index >= 15 is 0 Å². The maximum atomic E-state index is 11.0. The lowest BCUT2D eigenvalue weighted by Crippen LogP contribution is -2.10. The third-order valence-corrected chi connectivity index (χ3v) is 2.11. The Bertz CT molecular complexity index is 376.